The molecule has 1 heteroatoms. The maximum absolute atomic E-state index is 7.10. The van der Waals surface area contributed by atoms with Gasteiger partial charge in [-0.25, -0.2) is 0 Å². The molecule has 0 fully saturated rings. The zero-order chi connectivity index (χ0) is 36.1. The average molecular weight is 699 g/mol. The standard InChI is InChI=1S/C54H34O/c1-3-17-37(18-4-1)53(38-19-5-2-6-20-38)46-28-14-11-24-43(46)51-39(25-15-29-47(51)53)36-31-33-50-49(34-36)54(48-32-30-35-16-7-8-21-40(35)52(48)55-50)44-26-12-9-22-41(44)42-23-10-13-27-45(42)54/h1-34H. The molecular formula is C54H34O. The van der Waals surface area contributed by atoms with Gasteiger partial charge in [0.25, 0.3) is 0 Å². The minimum Gasteiger partial charge on any atom is -0.456 e. The van der Waals surface area contributed by atoms with E-state index >= 15 is 0 Å². The molecule has 1 aliphatic heterocycles. The van der Waals surface area contributed by atoms with Crippen LogP contribution in [-0.4, -0.2) is 0 Å². The van der Waals surface area contributed by atoms with Crippen LogP contribution in [-0.2, 0) is 10.8 Å². The Morgan fingerprint density at radius 3 is 1.56 bits per heavy atom. The third kappa shape index (κ3) is 3.87. The monoisotopic (exact) mass is 698 g/mol. The summed E-state index contributed by atoms with van der Waals surface area (Å²) in [5, 5.41) is 2.31. The Morgan fingerprint density at radius 1 is 0.327 bits per heavy atom. The minimum absolute atomic E-state index is 0.466. The molecule has 2 aliphatic carbocycles. The van der Waals surface area contributed by atoms with Gasteiger partial charge in [0, 0.05) is 16.5 Å². The normalized spacial score (nSPS) is 14.6. The predicted molar refractivity (Wildman–Crippen MR) is 224 cm³/mol. The van der Waals surface area contributed by atoms with Gasteiger partial charge >= 0.3 is 0 Å². The lowest BCUT2D eigenvalue weighted by atomic mass is 9.65. The van der Waals surface area contributed by atoms with Gasteiger partial charge in [0.1, 0.15) is 11.5 Å². The van der Waals surface area contributed by atoms with Gasteiger partial charge in [-0.05, 0) is 84.3 Å². The lowest BCUT2D eigenvalue weighted by molar-refractivity contribution is 0.442. The third-order valence-corrected chi connectivity index (χ3v) is 12.6. The van der Waals surface area contributed by atoms with E-state index in [2.05, 4.69) is 206 Å². The van der Waals surface area contributed by atoms with Crippen LogP contribution in [0.4, 0.5) is 0 Å². The maximum Gasteiger partial charge on any atom is 0.140 e. The van der Waals surface area contributed by atoms with E-state index in [4.69, 9.17) is 4.74 Å². The molecular weight excluding hydrogens is 665 g/mol. The summed E-state index contributed by atoms with van der Waals surface area (Å²) in [6, 6.07) is 76.2. The molecule has 256 valence electrons. The van der Waals surface area contributed by atoms with E-state index < -0.39 is 10.8 Å². The summed E-state index contributed by atoms with van der Waals surface area (Å²) in [5.41, 5.74) is 16.6. The van der Waals surface area contributed by atoms with Crippen molar-refractivity contribution in [2.75, 3.05) is 0 Å². The van der Waals surface area contributed by atoms with Crippen molar-refractivity contribution in [3.8, 4) is 44.9 Å². The molecule has 9 aromatic carbocycles. The molecule has 9 aromatic rings. The molecule has 1 spiro atoms. The van der Waals surface area contributed by atoms with Crippen molar-refractivity contribution in [3.05, 3.63) is 251 Å². The molecule has 0 atom stereocenters. The van der Waals surface area contributed by atoms with E-state index in [0.717, 1.165) is 16.9 Å². The van der Waals surface area contributed by atoms with Gasteiger partial charge in [-0.15, -0.1) is 0 Å². The molecule has 0 aromatic heterocycles. The van der Waals surface area contributed by atoms with Crippen LogP contribution in [0.1, 0.15) is 44.5 Å². The fourth-order valence-corrected chi connectivity index (χ4v) is 10.5. The van der Waals surface area contributed by atoms with Crippen molar-refractivity contribution in [3.63, 3.8) is 0 Å². The Morgan fingerprint density at radius 2 is 0.873 bits per heavy atom. The quantitative estimate of drug-likeness (QED) is 0.178. The first-order chi connectivity index (χ1) is 27.3. The molecule has 1 heterocycles. The van der Waals surface area contributed by atoms with Crippen LogP contribution in [0.5, 0.6) is 11.5 Å². The summed E-state index contributed by atoms with van der Waals surface area (Å²) in [5.74, 6) is 1.84. The van der Waals surface area contributed by atoms with Crippen LogP contribution in [0.3, 0.4) is 0 Å². The largest absolute Gasteiger partial charge is 0.456 e. The fourth-order valence-electron chi connectivity index (χ4n) is 10.5. The van der Waals surface area contributed by atoms with Crippen LogP contribution in [0.2, 0.25) is 0 Å². The smallest absolute Gasteiger partial charge is 0.140 e. The molecule has 12 rings (SSSR count). The summed E-state index contributed by atoms with van der Waals surface area (Å²) in [6.07, 6.45) is 0. The fraction of sp³-hybridized carbons (Fsp3) is 0.0370. The van der Waals surface area contributed by atoms with E-state index in [-0.39, 0.29) is 0 Å². The first kappa shape index (κ1) is 30.5. The SMILES string of the molecule is c1ccc(C2(c3ccccc3)c3ccccc3-c3c(-c4ccc5c(c4)C4(c6ccccc6-c6ccccc64)c4ccc6ccccc6c4O5)cccc32)cc1. The first-order valence-electron chi connectivity index (χ1n) is 19.2. The van der Waals surface area contributed by atoms with Crippen LogP contribution in [0.15, 0.2) is 206 Å². The van der Waals surface area contributed by atoms with Gasteiger partial charge in [-0.2, -0.15) is 0 Å². The van der Waals surface area contributed by atoms with Crippen molar-refractivity contribution in [1.29, 1.82) is 0 Å². The second-order valence-corrected chi connectivity index (χ2v) is 15.1. The highest BCUT2D eigenvalue weighted by Crippen LogP contribution is 2.64. The van der Waals surface area contributed by atoms with Gasteiger partial charge in [0.15, 0.2) is 0 Å². The summed E-state index contributed by atoms with van der Waals surface area (Å²) >= 11 is 0. The van der Waals surface area contributed by atoms with E-state index in [0.29, 0.717) is 0 Å². The molecule has 0 saturated carbocycles. The van der Waals surface area contributed by atoms with Gasteiger partial charge in [-0.3, -0.25) is 0 Å². The number of hydrogen-bond acceptors (Lipinski definition) is 1. The Kier molecular flexibility index (Phi) is 6.25. The van der Waals surface area contributed by atoms with Crippen LogP contribution in [0.25, 0.3) is 44.2 Å². The van der Waals surface area contributed by atoms with Crippen molar-refractivity contribution in [1.82, 2.24) is 0 Å². The summed E-state index contributed by atoms with van der Waals surface area (Å²) in [6.45, 7) is 0. The highest BCUT2D eigenvalue weighted by Gasteiger charge is 2.52. The molecule has 3 aliphatic rings. The second-order valence-electron chi connectivity index (χ2n) is 15.1. The Bertz CT molecular complexity index is 2930. The molecule has 0 unspecified atom stereocenters. The lowest BCUT2D eigenvalue weighted by Crippen LogP contribution is -2.32. The molecule has 0 radical (unpaired) electrons. The van der Waals surface area contributed by atoms with Crippen LogP contribution < -0.4 is 4.74 Å². The number of hydrogen-bond donors (Lipinski definition) is 0. The zero-order valence-corrected chi connectivity index (χ0v) is 30.0. The molecule has 0 amide bonds. The predicted octanol–water partition coefficient (Wildman–Crippen LogP) is 13.3. The van der Waals surface area contributed by atoms with E-state index in [1.807, 2.05) is 0 Å². The number of fused-ring (bicyclic) bond motifs is 14. The number of ether oxygens (including phenoxy) is 1. The van der Waals surface area contributed by atoms with Crippen molar-refractivity contribution >= 4 is 10.8 Å². The van der Waals surface area contributed by atoms with Crippen LogP contribution >= 0.6 is 0 Å². The number of benzene rings is 9. The maximum atomic E-state index is 7.10. The average Bonchev–Trinajstić information content (AvgIpc) is 3.73. The molecule has 1 nitrogen and oxygen atoms in total. The first-order valence-corrected chi connectivity index (χ1v) is 19.2. The highest BCUT2D eigenvalue weighted by atomic mass is 16.5. The highest BCUT2D eigenvalue weighted by molar-refractivity contribution is 5.98. The lowest BCUT2D eigenvalue weighted by Gasteiger charge is -2.40. The minimum atomic E-state index is -0.566. The molecule has 0 bridgehead atoms. The topological polar surface area (TPSA) is 9.23 Å². The summed E-state index contributed by atoms with van der Waals surface area (Å²) < 4.78 is 7.10. The second kappa shape index (κ2) is 11.3. The van der Waals surface area contributed by atoms with E-state index in [1.165, 1.54) is 83.3 Å². The van der Waals surface area contributed by atoms with E-state index in [9.17, 15) is 0 Å². The summed E-state index contributed by atoms with van der Waals surface area (Å²) in [4.78, 5) is 0. The van der Waals surface area contributed by atoms with E-state index in [1.54, 1.807) is 0 Å². The molecule has 55 heavy (non-hydrogen) atoms. The van der Waals surface area contributed by atoms with Crippen LogP contribution in [0, 0.1) is 0 Å². The third-order valence-electron chi connectivity index (χ3n) is 12.6. The Hall–Kier alpha value is -6.96. The Labute approximate surface area is 320 Å². The van der Waals surface area contributed by atoms with Crippen molar-refractivity contribution < 1.29 is 4.74 Å². The van der Waals surface area contributed by atoms with Crippen molar-refractivity contribution in [2.45, 2.75) is 10.8 Å². The van der Waals surface area contributed by atoms with Crippen molar-refractivity contribution in [2.24, 2.45) is 0 Å². The van der Waals surface area contributed by atoms with Gasteiger partial charge in [-0.1, -0.05) is 194 Å². The van der Waals surface area contributed by atoms with Gasteiger partial charge in [0.05, 0.1) is 10.8 Å². The van der Waals surface area contributed by atoms with Gasteiger partial charge in [0.2, 0.25) is 0 Å². The number of rotatable bonds is 3. The Balaban J connectivity index is 1.17. The molecule has 0 N–H and O–H groups in total. The van der Waals surface area contributed by atoms with Gasteiger partial charge < -0.3 is 4.74 Å². The zero-order valence-electron chi connectivity index (χ0n) is 30.0. The molecule has 0 saturated heterocycles. The summed E-state index contributed by atoms with van der Waals surface area (Å²) in [7, 11) is 0.